The van der Waals surface area contributed by atoms with Gasteiger partial charge in [-0.3, -0.25) is 0 Å². The van der Waals surface area contributed by atoms with E-state index in [1.807, 2.05) is 6.92 Å². The zero-order valence-electron chi connectivity index (χ0n) is 27.4. The first-order valence-electron chi connectivity index (χ1n) is 15.2. The van der Waals surface area contributed by atoms with Crippen molar-refractivity contribution in [3.05, 3.63) is 0 Å². The van der Waals surface area contributed by atoms with Crippen LogP contribution in [0.1, 0.15) is 98.3 Å². The average molecular weight is 645 g/mol. The Kier molecular flexibility index (Phi) is 86.9. The van der Waals surface area contributed by atoms with Gasteiger partial charge >= 0.3 is 0 Å². The molecular weight excluding hydrogens is 572 g/mol. The van der Waals surface area contributed by atoms with Crippen molar-refractivity contribution in [1.82, 2.24) is 0 Å². The molecule has 0 aromatic carbocycles. The van der Waals surface area contributed by atoms with E-state index in [9.17, 15) is 0 Å². The predicted molar refractivity (Wildman–Crippen MR) is 168 cm³/mol. The number of rotatable bonds is 18. The maximum absolute atomic E-state index is 8.74. The minimum absolute atomic E-state index is 0.0810. The molecule has 14 N–H and O–H groups in total. The molecule has 0 spiro atoms. The molecular formula is C29H72O14. The third-order valence-corrected chi connectivity index (χ3v) is 4.29. The summed E-state index contributed by atoms with van der Waals surface area (Å²) in [6, 6.07) is 0. The first kappa shape index (κ1) is 58.0. The molecule has 14 heteroatoms. The number of hydrogen-bond acceptors (Lipinski definition) is 14. The molecule has 0 amide bonds. The van der Waals surface area contributed by atoms with E-state index in [0.29, 0.717) is 19.3 Å². The van der Waals surface area contributed by atoms with Gasteiger partial charge in [-0.05, 0) is 71.6 Å². The molecule has 0 saturated heterocycles. The second-order valence-corrected chi connectivity index (χ2v) is 9.08. The van der Waals surface area contributed by atoms with Gasteiger partial charge in [0, 0.05) is 46.2 Å². The van der Waals surface area contributed by atoms with E-state index in [2.05, 4.69) is 6.92 Å². The van der Waals surface area contributed by atoms with E-state index < -0.39 is 18.3 Å². The Morgan fingerprint density at radius 1 is 0.372 bits per heavy atom. The third kappa shape index (κ3) is 117. The zero-order valence-corrected chi connectivity index (χ0v) is 27.4. The lowest BCUT2D eigenvalue weighted by atomic mass is 10.2. The fourth-order valence-electron chi connectivity index (χ4n) is 1.54. The van der Waals surface area contributed by atoms with E-state index in [1.165, 1.54) is 6.92 Å². The van der Waals surface area contributed by atoms with Crippen molar-refractivity contribution in [1.29, 1.82) is 0 Å². The minimum atomic E-state index is -0.560. The molecule has 43 heavy (non-hydrogen) atoms. The van der Waals surface area contributed by atoms with Gasteiger partial charge in [0.25, 0.3) is 0 Å². The number of hydrogen-bond donors (Lipinski definition) is 14. The van der Waals surface area contributed by atoms with Crippen LogP contribution < -0.4 is 0 Å². The molecule has 0 aliphatic heterocycles. The fraction of sp³-hybridized carbons (Fsp3) is 1.00. The Bertz CT molecular complexity index is 354. The van der Waals surface area contributed by atoms with Crippen LogP contribution in [-0.2, 0) is 0 Å². The van der Waals surface area contributed by atoms with Gasteiger partial charge in [0.1, 0.15) is 0 Å². The van der Waals surface area contributed by atoms with Crippen molar-refractivity contribution < 1.29 is 71.5 Å². The van der Waals surface area contributed by atoms with Gasteiger partial charge in [-0.2, -0.15) is 0 Å². The maximum atomic E-state index is 8.74. The normalized spacial score (nSPS) is 12.1. The summed E-state index contributed by atoms with van der Waals surface area (Å²) >= 11 is 0. The van der Waals surface area contributed by atoms with E-state index in [1.54, 1.807) is 6.92 Å². The van der Waals surface area contributed by atoms with Crippen LogP contribution in [0.15, 0.2) is 0 Å². The molecule has 0 aromatic rings. The molecule has 0 rings (SSSR count). The Morgan fingerprint density at radius 2 is 0.721 bits per heavy atom. The first-order valence-corrected chi connectivity index (χ1v) is 15.2. The second-order valence-electron chi connectivity index (χ2n) is 9.08. The maximum Gasteiger partial charge on any atom is 0.0770 e. The molecule has 4 atom stereocenters. The van der Waals surface area contributed by atoms with Crippen LogP contribution in [-0.4, -0.2) is 162 Å². The summed E-state index contributed by atoms with van der Waals surface area (Å²) in [6.45, 7) is 7.86. The van der Waals surface area contributed by atoms with Gasteiger partial charge in [0.2, 0.25) is 0 Å². The molecule has 0 fully saturated rings. The summed E-state index contributed by atoms with van der Waals surface area (Å²) in [5.74, 6) is 0. The van der Waals surface area contributed by atoms with Gasteiger partial charge in [-0.1, -0.05) is 26.7 Å². The highest BCUT2D eigenvalue weighted by atomic mass is 16.3. The number of unbranched alkanes of at least 4 members (excludes halogenated alkanes) is 4. The SMILES string of the molecule is CC(O)CCO.CC(O)CO.CCC(O)CO.CCCCC(O)CO.OCCCCCO.OCCCCO.OCCCO. The van der Waals surface area contributed by atoms with Gasteiger partial charge < -0.3 is 71.5 Å². The lowest BCUT2D eigenvalue weighted by molar-refractivity contribution is 0.0865. The van der Waals surface area contributed by atoms with E-state index >= 15 is 0 Å². The standard InChI is InChI=1S/C6H14O2.C5H12O2.3C4H10O2.2C3H8O2/c1-2-3-4-6(8)5-7;6-4-2-1-3-5-7;1-4(6)2-3-5;1-2-4(6)3-5;5-3-1-2-4-6;1-3(5)2-4;4-2-1-3-5/h6-8H,2-5H2,1H3;6-7H,1-5H2;2*4-6H,2-3H2,1H3;5-6H,1-4H2;3-5H,2H2,1H3;4-5H,1-3H2. The highest BCUT2D eigenvalue weighted by molar-refractivity contribution is 4.50. The van der Waals surface area contributed by atoms with Crippen LogP contribution in [0, 0.1) is 0 Å². The zero-order chi connectivity index (χ0) is 35.2. The Labute approximate surface area is 260 Å². The predicted octanol–water partition coefficient (Wildman–Crippen LogP) is -1.36. The number of aliphatic hydroxyl groups is 14. The summed E-state index contributed by atoms with van der Waals surface area (Å²) in [5, 5.41) is 114. The fourth-order valence-corrected chi connectivity index (χ4v) is 1.54. The summed E-state index contributed by atoms with van der Waals surface area (Å²) in [5.41, 5.74) is 0. The molecule has 0 aromatic heterocycles. The summed E-state index contributed by atoms with van der Waals surface area (Å²) in [4.78, 5) is 0. The molecule has 0 heterocycles. The van der Waals surface area contributed by atoms with Crippen molar-refractivity contribution in [2.75, 3.05) is 66.1 Å². The molecule has 0 saturated carbocycles. The molecule has 0 aliphatic carbocycles. The average Bonchev–Trinajstić information content (AvgIpc) is 3.00. The third-order valence-electron chi connectivity index (χ3n) is 4.29. The topological polar surface area (TPSA) is 283 Å². The molecule has 0 bridgehead atoms. The smallest absolute Gasteiger partial charge is 0.0770 e. The van der Waals surface area contributed by atoms with Gasteiger partial charge in [0.05, 0.1) is 44.2 Å². The van der Waals surface area contributed by atoms with Crippen molar-refractivity contribution in [2.24, 2.45) is 0 Å². The van der Waals surface area contributed by atoms with Gasteiger partial charge in [0.15, 0.2) is 0 Å². The van der Waals surface area contributed by atoms with Gasteiger partial charge in [-0.15, -0.1) is 0 Å². The van der Waals surface area contributed by atoms with Crippen molar-refractivity contribution in [2.45, 2.75) is 123 Å². The monoisotopic (exact) mass is 644 g/mol. The van der Waals surface area contributed by atoms with Crippen LogP contribution in [0.3, 0.4) is 0 Å². The lowest BCUT2D eigenvalue weighted by Crippen LogP contribution is -2.10. The quantitative estimate of drug-likeness (QED) is 0.0768. The first-order chi connectivity index (χ1) is 20.4. The summed E-state index contributed by atoms with van der Waals surface area (Å²) in [6.07, 6.45) is 6.54. The molecule has 4 unspecified atom stereocenters. The van der Waals surface area contributed by atoms with E-state index in [-0.39, 0.29) is 72.2 Å². The lowest BCUT2D eigenvalue weighted by Gasteiger charge is -2.02. The van der Waals surface area contributed by atoms with Crippen molar-refractivity contribution >= 4 is 0 Å². The number of aliphatic hydroxyl groups excluding tert-OH is 14. The second kappa shape index (κ2) is 64.4. The van der Waals surface area contributed by atoms with Crippen LogP contribution in [0.2, 0.25) is 0 Å². The molecule has 0 aliphatic rings. The van der Waals surface area contributed by atoms with Crippen LogP contribution in [0.25, 0.3) is 0 Å². The Hall–Kier alpha value is -0.560. The Morgan fingerprint density at radius 3 is 0.860 bits per heavy atom. The highest BCUT2D eigenvalue weighted by Crippen LogP contribution is 1.98. The molecule has 14 nitrogen and oxygen atoms in total. The molecule has 272 valence electrons. The van der Waals surface area contributed by atoms with Crippen LogP contribution >= 0.6 is 0 Å². The largest absolute Gasteiger partial charge is 0.396 e. The van der Waals surface area contributed by atoms with Crippen molar-refractivity contribution in [3.8, 4) is 0 Å². The van der Waals surface area contributed by atoms with Crippen molar-refractivity contribution in [3.63, 3.8) is 0 Å². The summed E-state index contributed by atoms with van der Waals surface area (Å²) < 4.78 is 0. The Balaban J connectivity index is -0.0000000707. The van der Waals surface area contributed by atoms with E-state index in [4.69, 9.17) is 71.5 Å². The van der Waals surface area contributed by atoms with E-state index in [0.717, 1.165) is 51.4 Å². The summed E-state index contributed by atoms with van der Waals surface area (Å²) in [7, 11) is 0. The highest BCUT2D eigenvalue weighted by Gasteiger charge is 1.97. The minimum Gasteiger partial charge on any atom is -0.396 e. The van der Waals surface area contributed by atoms with Crippen LogP contribution in [0.5, 0.6) is 0 Å². The molecule has 0 radical (unpaired) electrons. The van der Waals surface area contributed by atoms with Gasteiger partial charge in [-0.25, -0.2) is 0 Å². The van der Waals surface area contributed by atoms with Crippen LogP contribution in [0.4, 0.5) is 0 Å².